The topological polar surface area (TPSA) is 115 Å². The second-order valence-electron chi connectivity index (χ2n) is 9.90. The first kappa shape index (κ1) is 24.0. The summed E-state index contributed by atoms with van der Waals surface area (Å²) in [6, 6.07) is 15.6. The van der Waals surface area contributed by atoms with E-state index in [9.17, 15) is 4.79 Å². The number of benzene rings is 2. The van der Waals surface area contributed by atoms with Crippen LogP contribution in [0.4, 0.5) is 15.9 Å². The molecular weight excluding hydrogens is 507 g/mol. The molecule has 0 unspecified atom stereocenters. The monoisotopic (exact) mass is 532 g/mol. The number of halogens is 1. The fourth-order valence-corrected chi connectivity index (χ4v) is 5.26. The molecule has 1 amide bonds. The minimum absolute atomic E-state index is 0.268. The largest absolute Gasteiger partial charge is 0.355 e. The van der Waals surface area contributed by atoms with Crippen LogP contribution in [0.5, 0.6) is 0 Å². The predicted molar refractivity (Wildman–Crippen MR) is 153 cm³/mol. The molecule has 7 rings (SSSR count). The lowest BCUT2D eigenvalue weighted by atomic mass is 10.0. The van der Waals surface area contributed by atoms with E-state index in [-0.39, 0.29) is 5.91 Å². The van der Waals surface area contributed by atoms with E-state index in [0.717, 1.165) is 42.8 Å². The molecule has 40 heavy (non-hydrogen) atoms. The standard InChI is InChI=1S/C30H25FN8O/c31-23-15-25-22(14-21(23)19-13-20(17-32-16-19)34-30(40)18-7-3-1-4-8-18)26(38-37-25)28-35-24-9-10-33-29(27(24)36-28)39-11-5-2-6-12-39/h1,3-4,7-10,13-17H,2,5-6,11-12H2,(H,34,40)(H,35,36)(H,37,38). The van der Waals surface area contributed by atoms with Gasteiger partial charge in [-0.05, 0) is 49.6 Å². The van der Waals surface area contributed by atoms with Gasteiger partial charge in [-0.15, -0.1) is 0 Å². The lowest BCUT2D eigenvalue weighted by Gasteiger charge is -2.27. The van der Waals surface area contributed by atoms with Crippen LogP contribution in [0.1, 0.15) is 29.6 Å². The summed E-state index contributed by atoms with van der Waals surface area (Å²) in [5, 5.41) is 11.0. The van der Waals surface area contributed by atoms with Crippen LogP contribution in [0, 0.1) is 5.82 Å². The molecule has 0 radical (unpaired) electrons. The lowest BCUT2D eigenvalue weighted by molar-refractivity contribution is 0.102. The van der Waals surface area contributed by atoms with Gasteiger partial charge in [-0.1, -0.05) is 18.2 Å². The van der Waals surface area contributed by atoms with E-state index < -0.39 is 5.82 Å². The van der Waals surface area contributed by atoms with E-state index >= 15 is 4.39 Å². The van der Waals surface area contributed by atoms with Crippen molar-refractivity contribution >= 4 is 39.3 Å². The Morgan fingerprint density at radius 1 is 0.975 bits per heavy atom. The Morgan fingerprint density at radius 2 is 1.82 bits per heavy atom. The fraction of sp³-hybridized carbons (Fsp3) is 0.167. The molecule has 4 aromatic heterocycles. The van der Waals surface area contributed by atoms with Gasteiger partial charge in [0.2, 0.25) is 0 Å². The molecule has 10 heteroatoms. The fourth-order valence-electron chi connectivity index (χ4n) is 5.26. The number of pyridine rings is 2. The number of hydrogen-bond donors (Lipinski definition) is 3. The van der Waals surface area contributed by atoms with E-state index in [1.54, 1.807) is 48.8 Å². The highest BCUT2D eigenvalue weighted by Crippen LogP contribution is 2.34. The van der Waals surface area contributed by atoms with Crippen LogP contribution >= 0.6 is 0 Å². The normalized spacial score (nSPS) is 13.7. The summed E-state index contributed by atoms with van der Waals surface area (Å²) in [7, 11) is 0. The van der Waals surface area contributed by atoms with Crippen molar-refractivity contribution in [1.29, 1.82) is 0 Å². The van der Waals surface area contributed by atoms with E-state index in [1.165, 1.54) is 18.7 Å². The molecule has 198 valence electrons. The quantitative estimate of drug-likeness (QED) is 0.253. The zero-order valence-electron chi connectivity index (χ0n) is 21.5. The van der Waals surface area contributed by atoms with Crippen LogP contribution in [0.3, 0.4) is 0 Å². The molecule has 9 nitrogen and oxygen atoms in total. The highest BCUT2D eigenvalue weighted by Gasteiger charge is 2.21. The third-order valence-corrected chi connectivity index (χ3v) is 7.26. The second-order valence-corrected chi connectivity index (χ2v) is 9.90. The van der Waals surface area contributed by atoms with E-state index in [1.807, 2.05) is 12.1 Å². The summed E-state index contributed by atoms with van der Waals surface area (Å²) >= 11 is 0. The number of amides is 1. The van der Waals surface area contributed by atoms with Gasteiger partial charge in [0.1, 0.15) is 17.0 Å². The van der Waals surface area contributed by atoms with Crippen molar-refractivity contribution < 1.29 is 9.18 Å². The molecule has 0 spiro atoms. The molecule has 6 aromatic rings. The van der Waals surface area contributed by atoms with Gasteiger partial charge in [-0.25, -0.2) is 14.4 Å². The van der Waals surface area contributed by atoms with Gasteiger partial charge in [-0.2, -0.15) is 5.10 Å². The zero-order valence-corrected chi connectivity index (χ0v) is 21.5. The van der Waals surface area contributed by atoms with Crippen molar-refractivity contribution in [2.45, 2.75) is 19.3 Å². The number of hydrogen-bond acceptors (Lipinski definition) is 6. The summed E-state index contributed by atoms with van der Waals surface area (Å²) in [6.45, 7) is 1.92. The molecule has 0 atom stereocenters. The Labute approximate surface area is 228 Å². The summed E-state index contributed by atoms with van der Waals surface area (Å²) in [4.78, 5) is 32.0. The van der Waals surface area contributed by atoms with Gasteiger partial charge in [0.05, 0.1) is 22.9 Å². The number of aromatic amines is 2. The third kappa shape index (κ3) is 4.33. The van der Waals surface area contributed by atoms with Crippen molar-refractivity contribution in [3.8, 4) is 22.6 Å². The highest BCUT2D eigenvalue weighted by atomic mass is 19.1. The number of H-pyrrole nitrogens is 2. The summed E-state index contributed by atoms with van der Waals surface area (Å²) in [5.74, 6) is 0.743. The maximum atomic E-state index is 15.3. The number of aromatic nitrogens is 6. The van der Waals surface area contributed by atoms with Crippen molar-refractivity contribution in [3.05, 3.63) is 84.6 Å². The average molecular weight is 533 g/mol. The first-order valence-electron chi connectivity index (χ1n) is 13.2. The number of nitrogens with zero attached hydrogens (tertiary/aromatic N) is 5. The molecule has 1 fully saturated rings. The van der Waals surface area contributed by atoms with Gasteiger partial charge in [0.15, 0.2) is 11.6 Å². The van der Waals surface area contributed by atoms with E-state index in [2.05, 4.69) is 35.4 Å². The van der Waals surface area contributed by atoms with Crippen molar-refractivity contribution in [2.75, 3.05) is 23.3 Å². The Hall–Kier alpha value is -5.12. The summed E-state index contributed by atoms with van der Waals surface area (Å²) in [5.41, 5.74) is 4.65. The van der Waals surface area contributed by atoms with Gasteiger partial charge in [0.25, 0.3) is 5.91 Å². The molecule has 5 heterocycles. The van der Waals surface area contributed by atoms with Gasteiger partial charge in [0, 0.05) is 53.6 Å². The summed E-state index contributed by atoms with van der Waals surface area (Å²) < 4.78 is 15.3. The van der Waals surface area contributed by atoms with Crippen LogP contribution < -0.4 is 10.2 Å². The van der Waals surface area contributed by atoms with E-state index in [4.69, 9.17) is 4.98 Å². The lowest BCUT2D eigenvalue weighted by Crippen LogP contribution is -2.30. The molecule has 0 aliphatic carbocycles. The highest BCUT2D eigenvalue weighted by molar-refractivity contribution is 6.04. The Balaban J connectivity index is 1.25. The third-order valence-electron chi connectivity index (χ3n) is 7.26. The minimum Gasteiger partial charge on any atom is -0.355 e. The number of rotatable bonds is 5. The van der Waals surface area contributed by atoms with E-state index in [0.29, 0.717) is 44.8 Å². The molecule has 0 bridgehead atoms. The predicted octanol–water partition coefficient (Wildman–Crippen LogP) is 5.94. The number of anilines is 2. The average Bonchev–Trinajstić information content (AvgIpc) is 3.61. The van der Waals surface area contributed by atoms with Crippen molar-refractivity contribution in [3.63, 3.8) is 0 Å². The number of carbonyl (C=O) groups excluding carboxylic acids is 1. The van der Waals surface area contributed by atoms with Crippen LogP contribution in [-0.2, 0) is 0 Å². The Bertz CT molecular complexity index is 1860. The van der Waals surface area contributed by atoms with Crippen molar-refractivity contribution in [1.82, 2.24) is 30.1 Å². The Morgan fingerprint density at radius 3 is 2.67 bits per heavy atom. The van der Waals surface area contributed by atoms with Crippen LogP contribution in [0.25, 0.3) is 44.6 Å². The summed E-state index contributed by atoms with van der Waals surface area (Å²) in [6.07, 6.45) is 8.40. The SMILES string of the molecule is O=C(Nc1cncc(-c2cc3c(-c4nc5c(N6CCCCC6)nccc5[nH]4)n[nH]c3cc2F)c1)c1ccccc1. The maximum absolute atomic E-state index is 15.3. The van der Waals surface area contributed by atoms with Gasteiger partial charge < -0.3 is 15.2 Å². The van der Waals surface area contributed by atoms with Crippen molar-refractivity contribution in [2.24, 2.45) is 0 Å². The molecule has 1 aliphatic heterocycles. The molecule has 1 saturated heterocycles. The van der Waals surface area contributed by atoms with Gasteiger partial charge in [-0.3, -0.25) is 14.9 Å². The molecule has 3 N–H and O–H groups in total. The first-order valence-corrected chi connectivity index (χ1v) is 13.2. The first-order chi connectivity index (χ1) is 19.6. The molecule has 0 saturated carbocycles. The van der Waals surface area contributed by atoms with Crippen LogP contribution in [0.2, 0.25) is 0 Å². The second kappa shape index (κ2) is 9.88. The number of nitrogens with one attached hydrogen (secondary N) is 3. The van der Waals surface area contributed by atoms with Gasteiger partial charge >= 0.3 is 0 Å². The smallest absolute Gasteiger partial charge is 0.255 e. The number of imidazole rings is 1. The minimum atomic E-state index is -0.433. The number of piperidine rings is 1. The molecular formula is C30H25FN8O. The van der Waals surface area contributed by atoms with Crippen LogP contribution in [-0.4, -0.2) is 49.1 Å². The number of carbonyl (C=O) groups is 1. The Kier molecular flexibility index (Phi) is 5.92. The number of fused-ring (bicyclic) bond motifs is 2. The maximum Gasteiger partial charge on any atom is 0.255 e. The zero-order chi connectivity index (χ0) is 27.1. The van der Waals surface area contributed by atoms with Crippen LogP contribution in [0.15, 0.2) is 73.2 Å². The molecule has 2 aromatic carbocycles. The molecule has 1 aliphatic rings.